The minimum atomic E-state index is 0.166. The largest absolute Gasteiger partial charge is 0.493 e. The number of rotatable bonds is 7. The summed E-state index contributed by atoms with van der Waals surface area (Å²) in [5.74, 6) is 3.18. The minimum absolute atomic E-state index is 0.166. The van der Waals surface area contributed by atoms with Gasteiger partial charge in [-0.3, -0.25) is 0 Å². The summed E-state index contributed by atoms with van der Waals surface area (Å²) < 4.78 is 10.8. The van der Waals surface area contributed by atoms with Crippen LogP contribution in [0.5, 0.6) is 11.5 Å². The molecular formula is C18H24N4O3. The molecule has 0 aliphatic carbocycles. The van der Waals surface area contributed by atoms with E-state index < -0.39 is 0 Å². The van der Waals surface area contributed by atoms with Gasteiger partial charge < -0.3 is 24.8 Å². The Morgan fingerprint density at radius 1 is 1.12 bits per heavy atom. The number of anilines is 2. The van der Waals surface area contributed by atoms with Crippen molar-refractivity contribution in [3.8, 4) is 11.5 Å². The predicted molar refractivity (Wildman–Crippen MR) is 96.5 cm³/mol. The Labute approximate surface area is 147 Å². The number of hydrogen-bond acceptors (Lipinski definition) is 7. The molecule has 0 radical (unpaired) electrons. The van der Waals surface area contributed by atoms with Crippen LogP contribution in [0.25, 0.3) is 0 Å². The van der Waals surface area contributed by atoms with E-state index in [1.165, 1.54) is 11.1 Å². The monoisotopic (exact) mass is 344 g/mol. The van der Waals surface area contributed by atoms with E-state index in [1.807, 2.05) is 12.1 Å². The summed E-state index contributed by atoms with van der Waals surface area (Å²) in [5, 5.41) is 12.1. The van der Waals surface area contributed by atoms with Crippen molar-refractivity contribution in [1.82, 2.24) is 9.97 Å². The number of aromatic nitrogens is 2. The van der Waals surface area contributed by atoms with E-state index in [4.69, 9.17) is 14.6 Å². The Kier molecular flexibility index (Phi) is 5.55. The fraction of sp³-hybridized carbons (Fsp3) is 0.444. The van der Waals surface area contributed by atoms with E-state index in [1.54, 1.807) is 20.5 Å². The Bertz CT molecular complexity index is 723. The fourth-order valence-electron chi connectivity index (χ4n) is 2.99. The maximum absolute atomic E-state index is 8.88. The van der Waals surface area contributed by atoms with Crippen molar-refractivity contribution in [3.63, 3.8) is 0 Å². The van der Waals surface area contributed by atoms with Crippen molar-refractivity contribution in [1.29, 1.82) is 0 Å². The van der Waals surface area contributed by atoms with E-state index in [0.717, 1.165) is 42.6 Å². The van der Waals surface area contributed by atoms with Crippen LogP contribution in [0.15, 0.2) is 24.5 Å². The Morgan fingerprint density at radius 3 is 2.60 bits per heavy atom. The third-order valence-electron chi connectivity index (χ3n) is 4.34. The summed E-state index contributed by atoms with van der Waals surface area (Å²) in [7, 11) is 3.31. The van der Waals surface area contributed by atoms with Gasteiger partial charge in [-0.05, 0) is 36.1 Å². The van der Waals surface area contributed by atoms with Crippen LogP contribution in [0.2, 0.25) is 0 Å². The molecule has 134 valence electrons. The van der Waals surface area contributed by atoms with Crippen molar-refractivity contribution in [2.45, 2.75) is 19.4 Å². The second kappa shape index (κ2) is 8.02. The smallest absolute Gasteiger partial charge is 0.161 e. The highest BCUT2D eigenvalue weighted by atomic mass is 16.5. The van der Waals surface area contributed by atoms with Crippen molar-refractivity contribution in [2.24, 2.45) is 0 Å². The molecule has 2 heterocycles. The number of ether oxygens (including phenoxy) is 2. The first kappa shape index (κ1) is 17.3. The number of aliphatic hydroxyl groups is 1. The average molecular weight is 344 g/mol. The first-order valence-corrected chi connectivity index (χ1v) is 8.40. The Hall–Kier alpha value is -2.54. The van der Waals surface area contributed by atoms with Gasteiger partial charge in [-0.25, -0.2) is 9.97 Å². The number of aliphatic hydroxyl groups excluding tert-OH is 1. The van der Waals surface area contributed by atoms with Gasteiger partial charge in [-0.1, -0.05) is 0 Å². The number of hydrogen-bond donors (Lipinski definition) is 2. The quantitative estimate of drug-likeness (QED) is 0.742. The first-order valence-electron chi connectivity index (χ1n) is 8.40. The third-order valence-corrected chi connectivity index (χ3v) is 4.34. The van der Waals surface area contributed by atoms with Crippen molar-refractivity contribution in [3.05, 3.63) is 35.7 Å². The second-order valence-electron chi connectivity index (χ2n) is 5.91. The van der Waals surface area contributed by atoms with Gasteiger partial charge in [0.1, 0.15) is 18.0 Å². The number of nitrogens with one attached hydrogen (secondary N) is 1. The van der Waals surface area contributed by atoms with Crippen LogP contribution in [0.1, 0.15) is 17.5 Å². The molecule has 0 bridgehead atoms. The molecule has 1 aromatic carbocycles. The molecule has 0 atom stereocenters. The molecule has 1 aliphatic heterocycles. The van der Waals surface area contributed by atoms with E-state index in [2.05, 4.69) is 26.3 Å². The maximum atomic E-state index is 8.88. The lowest BCUT2D eigenvalue weighted by atomic mass is 9.99. The summed E-state index contributed by atoms with van der Waals surface area (Å²) in [6.07, 6.45) is 3.19. The van der Waals surface area contributed by atoms with Crippen molar-refractivity contribution in [2.75, 3.05) is 44.1 Å². The standard InChI is InChI=1S/C18H24N4O3/c1-24-15-8-13-4-6-22(11-14(13)9-16(15)25-2)18-10-17(20-12-21-18)19-5-3-7-23/h8-10,12,23H,3-7,11H2,1-2H3,(H,19,20,21). The van der Waals surface area contributed by atoms with Crippen LogP contribution in [0.4, 0.5) is 11.6 Å². The summed E-state index contributed by atoms with van der Waals surface area (Å²) in [6.45, 7) is 2.50. The molecule has 0 fully saturated rings. The zero-order valence-electron chi connectivity index (χ0n) is 14.7. The number of benzene rings is 1. The van der Waals surface area contributed by atoms with Gasteiger partial charge in [0.2, 0.25) is 0 Å². The molecule has 3 rings (SSSR count). The highest BCUT2D eigenvalue weighted by Gasteiger charge is 2.20. The number of fused-ring (bicyclic) bond motifs is 1. The molecule has 2 N–H and O–H groups in total. The summed E-state index contributed by atoms with van der Waals surface area (Å²) in [4.78, 5) is 10.9. The van der Waals surface area contributed by atoms with Gasteiger partial charge in [0.15, 0.2) is 11.5 Å². The zero-order valence-corrected chi connectivity index (χ0v) is 14.7. The van der Waals surface area contributed by atoms with E-state index >= 15 is 0 Å². The van der Waals surface area contributed by atoms with Crippen LogP contribution in [0.3, 0.4) is 0 Å². The van der Waals surface area contributed by atoms with Crippen LogP contribution in [-0.4, -0.2) is 49.0 Å². The van der Waals surface area contributed by atoms with Crippen LogP contribution < -0.4 is 19.7 Å². The Balaban J connectivity index is 1.77. The van der Waals surface area contributed by atoms with Gasteiger partial charge in [0.05, 0.1) is 14.2 Å². The Morgan fingerprint density at radius 2 is 1.88 bits per heavy atom. The maximum Gasteiger partial charge on any atom is 0.161 e. The van der Waals surface area contributed by atoms with Crippen LogP contribution in [-0.2, 0) is 13.0 Å². The molecular weight excluding hydrogens is 320 g/mol. The lowest BCUT2D eigenvalue weighted by Crippen LogP contribution is -2.31. The lowest BCUT2D eigenvalue weighted by Gasteiger charge is -2.30. The zero-order chi connectivity index (χ0) is 17.6. The number of nitrogens with zero attached hydrogens (tertiary/aromatic N) is 3. The number of methoxy groups -OCH3 is 2. The molecule has 0 spiro atoms. The molecule has 7 heteroatoms. The van der Waals surface area contributed by atoms with E-state index in [9.17, 15) is 0 Å². The van der Waals surface area contributed by atoms with Crippen molar-refractivity contribution >= 4 is 11.6 Å². The van der Waals surface area contributed by atoms with Gasteiger partial charge in [0.25, 0.3) is 0 Å². The molecule has 1 aliphatic rings. The van der Waals surface area contributed by atoms with E-state index in [-0.39, 0.29) is 6.61 Å². The van der Waals surface area contributed by atoms with Gasteiger partial charge in [-0.15, -0.1) is 0 Å². The molecule has 0 saturated heterocycles. The van der Waals surface area contributed by atoms with Gasteiger partial charge >= 0.3 is 0 Å². The third kappa shape index (κ3) is 3.93. The second-order valence-corrected chi connectivity index (χ2v) is 5.91. The molecule has 0 unspecified atom stereocenters. The van der Waals surface area contributed by atoms with Gasteiger partial charge in [-0.2, -0.15) is 0 Å². The topological polar surface area (TPSA) is 79.7 Å². The SMILES string of the molecule is COc1cc2c(cc1OC)CN(c1cc(NCCCO)ncn1)CC2. The molecule has 7 nitrogen and oxygen atoms in total. The predicted octanol–water partition coefficient (Wildman–Crippen LogP) is 1.85. The van der Waals surface area contributed by atoms with E-state index in [0.29, 0.717) is 13.0 Å². The van der Waals surface area contributed by atoms with Crippen LogP contribution >= 0.6 is 0 Å². The summed E-state index contributed by atoms with van der Waals surface area (Å²) in [5.41, 5.74) is 2.50. The van der Waals surface area contributed by atoms with Crippen molar-refractivity contribution < 1.29 is 14.6 Å². The molecule has 2 aromatic rings. The lowest BCUT2D eigenvalue weighted by molar-refractivity contribution is 0.292. The highest BCUT2D eigenvalue weighted by Crippen LogP contribution is 2.34. The van der Waals surface area contributed by atoms with Gasteiger partial charge in [0, 0.05) is 32.3 Å². The average Bonchev–Trinajstić information content (AvgIpc) is 2.67. The summed E-state index contributed by atoms with van der Waals surface area (Å²) in [6, 6.07) is 6.05. The highest BCUT2D eigenvalue weighted by molar-refractivity contribution is 5.54. The molecule has 0 saturated carbocycles. The summed E-state index contributed by atoms with van der Waals surface area (Å²) >= 11 is 0. The minimum Gasteiger partial charge on any atom is -0.493 e. The fourth-order valence-corrected chi connectivity index (χ4v) is 2.99. The normalized spacial score (nSPS) is 13.3. The molecule has 1 aromatic heterocycles. The first-order chi connectivity index (χ1) is 12.2. The molecule has 0 amide bonds. The van der Waals surface area contributed by atoms with Crippen LogP contribution in [0, 0.1) is 0 Å². The molecule has 25 heavy (non-hydrogen) atoms.